The van der Waals surface area contributed by atoms with Gasteiger partial charge in [-0.1, -0.05) is 0 Å². The van der Waals surface area contributed by atoms with E-state index < -0.39 is 39.7 Å². The number of alkyl halides is 3. The lowest BCUT2D eigenvalue weighted by Crippen LogP contribution is -2.33. The monoisotopic (exact) mass is 497 g/mol. The van der Waals surface area contributed by atoms with Gasteiger partial charge in [0.1, 0.15) is 0 Å². The van der Waals surface area contributed by atoms with Crippen LogP contribution in [0.2, 0.25) is 0 Å². The Kier molecular flexibility index (Phi) is 7.32. The van der Waals surface area contributed by atoms with Gasteiger partial charge in [-0.05, 0) is 68.3 Å². The number of anilines is 1. The molecule has 1 aliphatic rings. The number of amides is 1. The number of hydrogen-bond donors (Lipinski definition) is 3. The highest BCUT2D eigenvalue weighted by atomic mass is 32.2. The predicted molar refractivity (Wildman–Crippen MR) is 117 cm³/mol. The van der Waals surface area contributed by atoms with Crippen LogP contribution < -0.4 is 15.8 Å². The molecule has 0 saturated carbocycles. The van der Waals surface area contributed by atoms with Crippen molar-refractivity contribution in [3.05, 3.63) is 70.9 Å². The number of carbonyl (C=O) groups excluding carboxylic acids is 2. The molecule has 2 aromatic rings. The van der Waals surface area contributed by atoms with Crippen molar-refractivity contribution < 1.29 is 35.9 Å². The van der Waals surface area contributed by atoms with Gasteiger partial charge in [0.05, 0.1) is 34.4 Å². The van der Waals surface area contributed by atoms with Gasteiger partial charge < -0.3 is 15.4 Å². The van der Waals surface area contributed by atoms with Crippen LogP contribution in [0, 0.1) is 0 Å². The third-order valence-corrected chi connectivity index (χ3v) is 6.05. The van der Waals surface area contributed by atoms with E-state index >= 15 is 0 Å². The van der Waals surface area contributed by atoms with E-state index in [0.717, 1.165) is 12.1 Å². The van der Waals surface area contributed by atoms with Crippen molar-refractivity contribution in [1.82, 2.24) is 5.32 Å². The Morgan fingerprint density at radius 1 is 1.09 bits per heavy atom. The fourth-order valence-corrected chi connectivity index (χ4v) is 3.98. The SMILES string of the molecule is CCOC(=O)C1=C(NC(=O)c2ccc(S(N)(=O)=O)cc2)C(Nc2ccc(C(F)(F)F)cc2)CC1. The zero-order valence-electron chi connectivity index (χ0n) is 18.0. The second kappa shape index (κ2) is 9.85. The van der Waals surface area contributed by atoms with Crippen LogP contribution in [0.15, 0.2) is 64.7 Å². The number of nitrogens with two attached hydrogens (primary N) is 1. The minimum atomic E-state index is -4.47. The standard InChI is InChI=1S/C22H22F3N3O5S/c1-2-33-21(30)17-11-12-18(27-15-7-5-14(6-8-15)22(23,24)25)19(17)28-20(29)13-3-9-16(10-4-13)34(26,31)32/h3-10,18,27H,2,11-12H2,1H3,(H,28,29)(H2,26,31,32). The van der Waals surface area contributed by atoms with E-state index in [4.69, 9.17) is 9.88 Å². The summed E-state index contributed by atoms with van der Waals surface area (Å²) >= 11 is 0. The Bertz CT molecular complexity index is 1210. The number of nitrogens with one attached hydrogen (secondary N) is 2. The van der Waals surface area contributed by atoms with Crippen molar-refractivity contribution in [1.29, 1.82) is 0 Å². The zero-order valence-corrected chi connectivity index (χ0v) is 18.8. The van der Waals surface area contributed by atoms with Crippen molar-refractivity contribution in [3.63, 3.8) is 0 Å². The van der Waals surface area contributed by atoms with Crippen LogP contribution >= 0.6 is 0 Å². The maximum atomic E-state index is 12.8. The van der Waals surface area contributed by atoms with Gasteiger partial charge in [0, 0.05) is 11.3 Å². The quantitative estimate of drug-likeness (QED) is 0.504. The number of rotatable bonds is 7. The molecule has 12 heteroatoms. The Balaban J connectivity index is 1.85. The van der Waals surface area contributed by atoms with Crippen molar-refractivity contribution in [2.75, 3.05) is 11.9 Å². The second-order valence-electron chi connectivity index (χ2n) is 7.45. The molecule has 2 aromatic carbocycles. The first-order valence-electron chi connectivity index (χ1n) is 10.2. The van der Waals surface area contributed by atoms with Crippen LogP contribution in [0.5, 0.6) is 0 Å². The number of hydrogen-bond acceptors (Lipinski definition) is 6. The fraction of sp³-hybridized carbons (Fsp3) is 0.273. The first-order chi connectivity index (χ1) is 15.9. The van der Waals surface area contributed by atoms with Crippen LogP contribution in [0.3, 0.4) is 0 Å². The summed E-state index contributed by atoms with van der Waals surface area (Å²) in [5.41, 5.74) is 0.152. The lowest BCUT2D eigenvalue weighted by Gasteiger charge is -2.20. The van der Waals surface area contributed by atoms with Crippen LogP contribution in [0.4, 0.5) is 18.9 Å². The molecule has 0 bridgehead atoms. The van der Waals surface area contributed by atoms with E-state index in [-0.39, 0.29) is 34.8 Å². The highest BCUT2D eigenvalue weighted by Crippen LogP contribution is 2.32. The summed E-state index contributed by atoms with van der Waals surface area (Å²) in [5.74, 6) is -1.22. The second-order valence-corrected chi connectivity index (χ2v) is 9.01. The van der Waals surface area contributed by atoms with Crippen molar-refractivity contribution in [2.24, 2.45) is 5.14 Å². The number of sulfonamides is 1. The summed E-state index contributed by atoms with van der Waals surface area (Å²) in [6, 6.07) is 8.70. The van der Waals surface area contributed by atoms with Crippen LogP contribution in [-0.2, 0) is 25.7 Å². The summed E-state index contributed by atoms with van der Waals surface area (Å²) in [7, 11) is -3.93. The Morgan fingerprint density at radius 2 is 1.71 bits per heavy atom. The Hall–Kier alpha value is -3.38. The summed E-state index contributed by atoms with van der Waals surface area (Å²) in [6.45, 7) is 1.76. The van der Waals surface area contributed by atoms with Gasteiger partial charge >= 0.3 is 12.1 Å². The molecule has 3 rings (SSSR count). The third kappa shape index (κ3) is 5.94. The van der Waals surface area contributed by atoms with E-state index in [1.54, 1.807) is 6.92 Å². The van der Waals surface area contributed by atoms with E-state index in [0.29, 0.717) is 12.1 Å². The molecule has 1 unspecified atom stereocenters. The van der Waals surface area contributed by atoms with Crippen LogP contribution in [-0.4, -0.2) is 32.9 Å². The lowest BCUT2D eigenvalue weighted by molar-refractivity contribution is -0.139. The third-order valence-electron chi connectivity index (χ3n) is 5.12. The van der Waals surface area contributed by atoms with Gasteiger partial charge in [0.25, 0.3) is 5.91 Å². The fourth-order valence-electron chi connectivity index (χ4n) is 3.46. The largest absolute Gasteiger partial charge is 0.463 e. The molecule has 8 nitrogen and oxygen atoms in total. The maximum Gasteiger partial charge on any atom is 0.416 e. The smallest absolute Gasteiger partial charge is 0.416 e. The van der Waals surface area contributed by atoms with E-state index in [9.17, 15) is 31.2 Å². The molecule has 0 radical (unpaired) electrons. The topological polar surface area (TPSA) is 128 Å². The average molecular weight is 497 g/mol. The van der Waals surface area contributed by atoms with E-state index in [1.807, 2.05) is 0 Å². The number of benzene rings is 2. The first kappa shape index (κ1) is 25.2. The molecule has 0 aliphatic heterocycles. The number of esters is 1. The van der Waals surface area contributed by atoms with Gasteiger partial charge in [-0.15, -0.1) is 0 Å². The van der Waals surface area contributed by atoms with E-state index in [2.05, 4.69) is 10.6 Å². The van der Waals surface area contributed by atoms with Gasteiger partial charge in [0.2, 0.25) is 10.0 Å². The highest BCUT2D eigenvalue weighted by molar-refractivity contribution is 7.89. The molecule has 0 aromatic heterocycles. The summed E-state index contributed by atoms with van der Waals surface area (Å²) in [4.78, 5) is 25.1. The van der Waals surface area contributed by atoms with Crippen LogP contribution in [0.25, 0.3) is 0 Å². The first-order valence-corrected chi connectivity index (χ1v) is 11.7. The zero-order chi connectivity index (χ0) is 25.1. The normalized spacial score (nSPS) is 16.3. The van der Waals surface area contributed by atoms with Gasteiger partial charge in [0.15, 0.2) is 0 Å². The Labute approximate surface area is 194 Å². The molecular formula is C22H22F3N3O5S. The molecule has 1 atom stereocenters. The lowest BCUT2D eigenvalue weighted by atomic mass is 10.1. The molecule has 182 valence electrons. The van der Waals surface area contributed by atoms with Gasteiger partial charge in [-0.2, -0.15) is 13.2 Å². The van der Waals surface area contributed by atoms with Crippen LogP contribution in [0.1, 0.15) is 35.7 Å². The average Bonchev–Trinajstić information content (AvgIpc) is 3.15. The molecule has 0 saturated heterocycles. The molecule has 1 aliphatic carbocycles. The van der Waals surface area contributed by atoms with Gasteiger partial charge in [-0.25, -0.2) is 18.4 Å². The summed E-state index contributed by atoms with van der Waals surface area (Å²) in [6.07, 6.45) is -3.81. The number of ether oxygens (including phenoxy) is 1. The van der Waals surface area contributed by atoms with Gasteiger partial charge in [-0.3, -0.25) is 4.79 Å². The number of primary sulfonamides is 1. The van der Waals surface area contributed by atoms with Crippen molar-refractivity contribution >= 4 is 27.6 Å². The predicted octanol–water partition coefficient (Wildman–Crippen LogP) is 3.17. The highest BCUT2D eigenvalue weighted by Gasteiger charge is 2.33. The van der Waals surface area contributed by atoms with Crippen molar-refractivity contribution in [2.45, 2.75) is 36.9 Å². The molecule has 0 fully saturated rings. The minimum absolute atomic E-state index is 0.114. The molecule has 1 amide bonds. The molecule has 0 spiro atoms. The maximum absolute atomic E-state index is 12.8. The van der Waals surface area contributed by atoms with Crippen molar-refractivity contribution in [3.8, 4) is 0 Å². The molecule has 34 heavy (non-hydrogen) atoms. The Morgan fingerprint density at radius 3 is 2.24 bits per heavy atom. The molecule has 4 N–H and O–H groups in total. The molecule has 0 heterocycles. The van der Waals surface area contributed by atoms with E-state index in [1.165, 1.54) is 36.4 Å². The molecular weight excluding hydrogens is 475 g/mol. The minimum Gasteiger partial charge on any atom is -0.463 e. The summed E-state index contributed by atoms with van der Waals surface area (Å²) < 4.78 is 66.4. The number of halogens is 3. The number of carbonyl (C=O) groups is 2. The summed E-state index contributed by atoms with van der Waals surface area (Å²) in [5, 5.41) is 10.8.